The van der Waals surface area contributed by atoms with E-state index in [0.717, 1.165) is 31.5 Å². The van der Waals surface area contributed by atoms with E-state index >= 15 is 0 Å². The van der Waals surface area contributed by atoms with Gasteiger partial charge in [0, 0.05) is 23.8 Å². The van der Waals surface area contributed by atoms with Gasteiger partial charge in [0.2, 0.25) is 11.6 Å². The zero-order valence-electron chi connectivity index (χ0n) is 14.2. The Kier molecular flexibility index (Phi) is 5.03. The number of hydrogen-bond acceptors (Lipinski definition) is 6. The summed E-state index contributed by atoms with van der Waals surface area (Å²) in [4.78, 5) is 21.6. The number of halogens is 1. The first-order chi connectivity index (χ1) is 12.0. The molecule has 25 heavy (non-hydrogen) atoms. The molecule has 0 saturated carbocycles. The molecule has 1 aromatic heterocycles. The van der Waals surface area contributed by atoms with Gasteiger partial charge in [-0.2, -0.15) is 0 Å². The van der Waals surface area contributed by atoms with Crippen LogP contribution in [0, 0.1) is 23.0 Å². The predicted molar refractivity (Wildman–Crippen MR) is 98.8 cm³/mol. The number of nitro groups is 1. The van der Waals surface area contributed by atoms with Gasteiger partial charge in [-0.3, -0.25) is 10.1 Å². The molecule has 1 unspecified atom stereocenters. The Morgan fingerprint density at radius 2 is 2.20 bits per heavy atom. The molecule has 1 aliphatic rings. The van der Waals surface area contributed by atoms with Crippen molar-refractivity contribution in [2.45, 2.75) is 26.7 Å². The number of nitrogens with one attached hydrogen (secondary N) is 1. The lowest BCUT2D eigenvalue weighted by atomic mass is 10.0. The topological polar surface area (TPSA) is 84.2 Å². The lowest BCUT2D eigenvalue weighted by Crippen LogP contribution is -2.35. The first kappa shape index (κ1) is 17.4. The number of aromatic nitrogens is 2. The fraction of sp³-hybridized carbons (Fsp3) is 0.412. The summed E-state index contributed by atoms with van der Waals surface area (Å²) < 4.78 is 0. The van der Waals surface area contributed by atoms with Gasteiger partial charge in [-0.1, -0.05) is 24.6 Å². The van der Waals surface area contributed by atoms with Gasteiger partial charge in [0.1, 0.15) is 6.33 Å². The minimum absolute atomic E-state index is 0.101. The molecule has 1 aliphatic heterocycles. The van der Waals surface area contributed by atoms with Gasteiger partial charge in [0.25, 0.3) is 0 Å². The molecule has 0 radical (unpaired) electrons. The van der Waals surface area contributed by atoms with Crippen LogP contribution < -0.4 is 10.2 Å². The Hall–Kier alpha value is -2.41. The van der Waals surface area contributed by atoms with Crippen LogP contribution in [0.15, 0.2) is 24.5 Å². The van der Waals surface area contributed by atoms with Gasteiger partial charge in [0.15, 0.2) is 0 Å². The molecule has 1 fully saturated rings. The first-order valence-electron chi connectivity index (χ1n) is 8.24. The Morgan fingerprint density at radius 3 is 2.92 bits per heavy atom. The average molecular weight is 362 g/mol. The Morgan fingerprint density at radius 1 is 1.40 bits per heavy atom. The van der Waals surface area contributed by atoms with Crippen LogP contribution in [0.1, 0.15) is 25.3 Å². The van der Waals surface area contributed by atoms with Crippen molar-refractivity contribution in [3.63, 3.8) is 0 Å². The third-order valence-electron chi connectivity index (χ3n) is 4.46. The van der Waals surface area contributed by atoms with E-state index in [4.69, 9.17) is 11.6 Å². The van der Waals surface area contributed by atoms with E-state index in [0.29, 0.717) is 22.4 Å². The van der Waals surface area contributed by atoms with E-state index in [-0.39, 0.29) is 11.5 Å². The van der Waals surface area contributed by atoms with Gasteiger partial charge in [-0.15, -0.1) is 0 Å². The molecule has 1 atom stereocenters. The maximum atomic E-state index is 11.7. The van der Waals surface area contributed by atoms with Crippen molar-refractivity contribution >= 4 is 34.6 Å². The van der Waals surface area contributed by atoms with E-state index in [9.17, 15) is 10.1 Å². The summed E-state index contributed by atoms with van der Waals surface area (Å²) in [6.45, 7) is 5.52. The van der Waals surface area contributed by atoms with Crippen LogP contribution in [0.2, 0.25) is 5.02 Å². The monoisotopic (exact) mass is 361 g/mol. The summed E-state index contributed by atoms with van der Waals surface area (Å²) >= 11 is 6.14. The predicted octanol–water partition coefficient (Wildman–Crippen LogP) is 4.33. The quantitative estimate of drug-likeness (QED) is 0.644. The third kappa shape index (κ3) is 3.66. The van der Waals surface area contributed by atoms with Gasteiger partial charge < -0.3 is 10.2 Å². The second kappa shape index (κ2) is 7.23. The molecule has 2 aromatic rings. The van der Waals surface area contributed by atoms with Crippen LogP contribution in [0.5, 0.6) is 0 Å². The van der Waals surface area contributed by atoms with Crippen LogP contribution in [-0.2, 0) is 0 Å². The number of anilines is 3. The van der Waals surface area contributed by atoms with Crippen LogP contribution in [-0.4, -0.2) is 28.0 Å². The van der Waals surface area contributed by atoms with Crippen molar-refractivity contribution in [3.05, 3.63) is 45.2 Å². The van der Waals surface area contributed by atoms with Crippen LogP contribution in [0.4, 0.5) is 23.0 Å². The fourth-order valence-electron chi connectivity index (χ4n) is 3.11. The van der Waals surface area contributed by atoms with Gasteiger partial charge >= 0.3 is 5.69 Å². The molecule has 0 bridgehead atoms. The SMILES string of the molecule is Cc1c(Cl)cccc1Nc1ncnc(N2CCCC(C)C2)c1[N+](=O)[O-]. The van der Waals surface area contributed by atoms with Crippen molar-refractivity contribution < 1.29 is 4.92 Å². The standard InChI is InChI=1S/C17H20ClN5O2/c1-11-5-4-8-22(9-11)17-15(23(24)25)16(19-10-20-17)21-14-7-3-6-13(18)12(14)2/h3,6-7,10-11H,4-5,8-9H2,1-2H3,(H,19,20,21). The van der Waals surface area contributed by atoms with Crippen molar-refractivity contribution in [2.75, 3.05) is 23.3 Å². The number of piperidine rings is 1. The number of nitrogens with zero attached hydrogens (tertiary/aromatic N) is 4. The summed E-state index contributed by atoms with van der Waals surface area (Å²) in [7, 11) is 0. The maximum absolute atomic E-state index is 11.7. The van der Waals surface area contributed by atoms with Gasteiger partial charge in [0.05, 0.1) is 4.92 Å². The van der Waals surface area contributed by atoms with E-state index in [1.807, 2.05) is 17.9 Å². The summed E-state index contributed by atoms with van der Waals surface area (Å²) in [6.07, 6.45) is 3.49. The first-order valence-corrected chi connectivity index (χ1v) is 8.61. The zero-order chi connectivity index (χ0) is 18.0. The molecule has 2 heterocycles. The van der Waals surface area contributed by atoms with E-state index in [1.165, 1.54) is 6.33 Å². The number of hydrogen-bond donors (Lipinski definition) is 1. The molecule has 1 aromatic carbocycles. The molecule has 132 valence electrons. The lowest BCUT2D eigenvalue weighted by Gasteiger charge is -2.31. The highest BCUT2D eigenvalue weighted by atomic mass is 35.5. The minimum Gasteiger partial charge on any atom is -0.350 e. The van der Waals surface area contributed by atoms with Crippen LogP contribution in [0.25, 0.3) is 0 Å². The van der Waals surface area contributed by atoms with E-state index in [1.54, 1.807) is 12.1 Å². The van der Waals surface area contributed by atoms with Crippen LogP contribution in [0.3, 0.4) is 0 Å². The highest BCUT2D eigenvalue weighted by Crippen LogP contribution is 2.36. The van der Waals surface area contributed by atoms with Crippen molar-refractivity contribution in [1.29, 1.82) is 0 Å². The molecular weight excluding hydrogens is 342 g/mol. The molecule has 0 amide bonds. The Bertz CT molecular complexity index is 799. The summed E-state index contributed by atoms with van der Waals surface area (Å²) in [5.74, 6) is 1.03. The second-order valence-electron chi connectivity index (χ2n) is 6.38. The third-order valence-corrected chi connectivity index (χ3v) is 4.87. The van der Waals surface area contributed by atoms with Gasteiger partial charge in [-0.05, 0) is 43.4 Å². The molecular formula is C17H20ClN5O2. The molecule has 0 aliphatic carbocycles. The summed E-state index contributed by atoms with van der Waals surface area (Å²) in [6, 6.07) is 5.38. The number of rotatable bonds is 4. The fourth-order valence-corrected chi connectivity index (χ4v) is 3.29. The summed E-state index contributed by atoms with van der Waals surface area (Å²) in [5.41, 5.74) is 1.40. The molecule has 1 saturated heterocycles. The molecule has 1 N–H and O–H groups in total. The molecule has 8 heteroatoms. The average Bonchev–Trinajstić information content (AvgIpc) is 2.58. The largest absolute Gasteiger partial charge is 0.353 e. The highest BCUT2D eigenvalue weighted by molar-refractivity contribution is 6.31. The van der Waals surface area contributed by atoms with Crippen molar-refractivity contribution in [3.8, 4) is 0 Å². The smallest absolute Gasteiger partial charge is 0.350 e. The normalized spacial score (nSPS) is 17.4. The van der Waals surface area contributed by atoms with Crippen molar-refractivity contribution in [1.82, 2.24) is 9.97 Å². The number of benzene rings is 1. The molecule has 3 rings (SSSR count). The highest BCUT2D eigenvalue weighted by Gasteiger charge is 2.29. The maximum Gasteiger partial charge on any atom is 0.353 e. The van der Waals surface area contributed by atoms with Crippen molar-refractivity contribution in [2.24, 2.45) is 5.92 Å². The van der Waals surface area contributed by atoms with Crippen LogP contribution >= 0.6 is 11.6 Å². The second-order valence-corrected chi connectivity index (χ2v) is 6.79. The van der Waals surface area contributed by atoms with E-state index in [2.05, 4.69) is 22.2 Å². The molecule has 7 nitrogen and oxygen atoms in total. The van der Waals surface area contributed by atoms with Gasteiger partial charge in [-0.25, -0.2) is 9.97 Å². The summed E-state index contributed by atoms with van der Waals surface area (Å²) in [5, 5.41) is 15.4. The zero-order valence-corrected chi connectivity index (χ0v) is 15.0. The minimum atomic E-state index is -0.420. The Labute approximate surface area is 151 Å². The van der Waals surface area contributed by atoms with E-state index < -0.39 is 4.92 Å². The lowest BCUT2D eigenvalue weighted by molar-refractivity contribution is -0.383. The Balaban J connectivity index is 2.01. The molecule has 0 spiro atoms.